The molecule has 5 heteroatoms. The van der Waals surface area contributed by atoms with Gasteiger partial charge in [0.15, 0.2) is 0 Å². The van der Waals surface area contributed by atoms with Crippen LogP contribution in [0.3, 0.4) is 0 Å². The molecule has 1 fully saturated rings. The summed E-state index contributed by atoms with van der Waals surface area (Å²) in [5.74, 6) is 0.814. The van der Waals surface area contributed by atoms with E-state index in [1.165, 1.54) is 18.5 Å². The Hall–Kier alpha value is -0.940. The Morgan fingerprint density at radius 3 is 2.88 bits per heavy atom. The van der Waals surface area contributed by atoms with Crippen molar-refractivity contribution in [2.75, 3.05) is 20.3 Å². The van der Waals surface area contributed by atoms with Gasteiger partial charge in [0, 0.05) is 26.5 Å². The molecule has 90 valence electrons. The van der Waals surface area contributed by atoms with Crippen LogP contribution in [0.1, 0.15) is 24.2 Å². The van der Waals surface area contributed by atoms with Crippen molar-refractivity contribution in [3.05, 3.63) is 11.4 Å². The molecule has 0 atom stereocenters. The first kappa shape index (κ1) is 11.5. The highest BCUT2D eigenvalue weighted by atomic mass is 16.5. The number of ether oxygens (including phenoxy) is 1. The Bertz CT molecular complexity index is 333. The number of hydrogen-bond acceptors (Lipinski definition) is 4. The molecule has 0 bridgehead atoms. The van der Waals surface area contributed by atoms with Gasteiger partial charge in [-0.1, -0.05) is 5.21 Å². The molecule has 0 amide bonds. The normalized spacial score (nSPS) is 15.6. The summed E-state index contributed by atoms with van der Waals surface area (Å²) in [7, 11) is 1.72. The van der Waals surface area contributed by atoms with E-state index < -0.39 is 0 Å². The fraction of sp³-hybridized carbons (Fsp3) is 0.818. The van der Waals surface area contributed by atoms with Crippen molar-refractivity contribution in [3.63, 3.8) is 0 Å². The minimum absolute atomic E-state index is 0.627. The minimum Gasteiger partial charge on any atom is -0.384 e. The quantitative estimate of drug-likeness (QED) is 0.727. The summed E-state index contributed by atoms with van der Waals surface area (Å²) in [4.78, 5) is 0. The van der Waals surface area contributed by atoms with E-state index in [0.29, 0.717) is 6.54 Å². The first-order valence-electron chi connectivity index (χ1n) is 5.95. The lowest BCUT2D eigenvalue weighted by Gasteiger charge is -2.06. The zero-order valence-electron chi connectivity index (χ0n) is 9.85. The molecular formula is C11H20N4O. The van der Waals surface area contributed by atoms with Crippen molar-refractivity contribution in [2.24, 2.45) is 11.7 Å². The van der Waals surface area contributed by atoms with Crippen LogP contribution in [-0.4, -0.2) is 35.3 Å². The molecule has 0 unspecified atom stereocenters. The number of methoxy groups -OCH3 is 1. The summed E-state index contributed by atoms with van der Waals surface area (Å²) in [6, 6.07) is 0. The van der Waals surface area contributed by atoms with Crippen LogP contribution < -0.4 is 5.73 Å². The van der Waals surface area contributed by atoms with Gasteiger partial charge in [-0.15, -0.1) is 5.10 Å². The molecule has 1 aromatic rings. The van der Waals surface area contributed by atoms with E-state index in [1.807, 2.05) is 4.68 Å². The number of nitrogens with two attached hydrogens (primary N) is 1. The van der Waals surface area contributed by atoms with E-state index in [-0.39, 0.29) is 0 Å². The molecule has 0 saturated heterocycles. The number of nitrogens with zero attached hydrogens (tertiary/aromatic N) is 3. The minimum atomic E-state index is 0.627. The zero-order valence-corrected chi connectivity index (χ0v) is 9.85. The zero-order chi connectivity index (χ0) is 11.4. The van der Waals surface area contributed by atoms with Gasteiger partial charge in [-0.05, 0) is 25.3 Å². The SMILES string of the molecule is COCCc1c(CCN)nnn1CC1CC1. The molecule has 0 radical (unpaired) electrons. The molecule has 1 aliphatic carbocycles. The second-order valence-corrected chi connectivity index (χ2v) is 4.39. The first-order chi connectivity index (χ1) is 7.85. The van der Waals surface area contributed by atoms with Gasteiger partial charge in [0.2, 0.25) is 0 Å². The van der Waals surface area contributed by atoms with Gasteiger partial charge in [-0.2, -0.15) is 0 Å². The third-order valence-corrected chi connectivity index (χ3v) is 2.97. The maximum atomic E-state index is 5.57. The second kappa shape index (κ2) is 5.41. The Kier molecular flexibility index (Phi) is 3.90. The fourth-order valence-electron chi connectivity index (χ4n) is 1.86. The van der Waals surface area contributed by atoms with Crippen molar-refractivity contribution in [3.8, 4) is 0 Å². The maximum Gasteiger partial charge on any atom is 0.0872 e. The maximum absolute atomic E-state index is 5.57. The lowest BCUT2D eigenvalue weighted by molar-refractivity contribution is 0.199. The summed E-state index contributed by atoms with van der Waals surface area (Å²) < 4.78 is 7.17. The molecule has 1 aliphatic rings. The van der Waals surface area contributed by atoms with E-state index in [0.717, 1.165) is 37.6 Å². The van der Waals surface area contributed by atoms with Crippen LogP contribution in [0, 0.1) is 5.92 Å². The Labute approximate surface area is 96.0 Å². The van der Waals surface area contributed by atoms with Crippen LogP contribution in [0.2, 0.25) is 0 Å². The number of aromatic nitrogens is 3. The molecule has 0 spiro atoms. The highest BCUT2D eigenvalue weighted by Gasteiger charge is 2.24. The Balaban J connectivity index is 2.07. The third-order valence-electron chi connectivity index (χ3n) is 2.97. The molecule has 0 aliphatic heterocycles. The van der Waals surface area contributed by atoms with Gasteiger partial charge in [0.1, 0.15) is 0 Å². The summed E-state index contributed by atoms with van der Waals surface area (Å²) in [5.41, 5.74) is 7.82. The topological polar surface area (TPSA) is 66.0 Å². The first-order valence-corrected chi connectivity index (χ1v) is 5.95. The van der Waals surface area contributed by atoms with Gasteiger partial charge in [0.05, 0.1) is 18.0 Å². The molecule has 5 nitrogen and oxygen atoms in total. The monoisotopic (exact) mass is 224 g/mol. The lowest BCUT2D eigenvalue weighted by Crippen LogP contribution is -2.11. The summed E-state index contributed by atoms with van der Waals surface area (Å²) >= 11 is 0. The highest BCUT2D eigenvalue weighted by molar-refractivity contribution is 5.11. The Morgan fingerprint density at radius 1 is 1.44 bits per heavy atom. The van der Waals surface area contributed by atoms with Crippen molar-refractivity contribution in [1.82, 2.24) is 15.0 Å². The Morgan fingerprint density at radius 2 is 2.25 bits per heavy atom. The van der Waals surface area contributed by atoms with Crippen molar-refractivity contribution in [1.29, 1.82) is 0 Å². The molecule has 2 N–H and O–H groups in total. The van der Waals surface area contributed by atoms with Crippen LogP contribution in [0.15, 0.2) is 0 Å². The molecule has 1 heterocycles. The van der Waals surface area contributed by atoms with Gasteiger partial charge in [-0.25, -0.2) is 4.68 Å². The summed E-state index contributed by atoms with van der Waals surface area (Å²) in [5, 5.41) is 8.44. The lowest BCUT2D eigenvalue weighted by atomic mass is 10.2. The largest absolute Gasteiger partial charge is 0.384 e. The summed E-state index contributed by atoms with van der Waals surface area (Å²) in [6.45, 7) is 2.36. The van der Waals surface area contributed by atoms with E-state index >= 15 is 0 Å². The standard InChI is InChI=1S/C11H20N4O/c1-16-7-5-11-10(4-6-12)13-14-15(11)8-9-2-3-9/h9H,2-8,12H2,1H3. The predicted octanol–water partition coefficient (Wildman–Crippen LogP) is 0.378. The predicted molar refractivity (Wildman–Crippen MR) is 61.1 cm³/mol. The number of rotatable bonds is 7. The van der Waals surface area contributed by atoms with Crippen molar-refractivity contribution < 1.29 is 4.74 Å². The average Bonchev–Trinajstić information content (AvgIpc) is 3.01. The van der Waals surface area contributed by atoms with Crippen molar-refractivity contribution >= 4 is 0 Å². The number of hydrogen-bond donors (Lipinski definition) is 1. The van der Waals surface area contributed by atoms with Crippen LogP contribution in [-0.2, 0) is 24.1 Å². The van der Waals surface area contributed by atoms with Crippen LogP contribution in [0.5, 0.6) is 0 Å². The van der Waals surface area contributed by atoms with Gasteiger partial charge in [0.25, 0.3) is 0 Å². The van der Waals surface area contributed by atoms with E-state index in [4.69, 9.17) is 10.5 Å². The highest BCUT2D eigenvalue weighted by Crippen LogP contribution is 2.30. The van der Waals surface area contributed by atoms with E-state index in [9.17, 15) is 0 Å². The molecule has 16 heavy (non-hydrogen) atoms. The summed E-state index contributed by atoms with van der Waals surface area (Å²) in [6.07, 6.45) is 4.35. The van der Waals surface area contributed by atoms with Crippen LogP contribution >= 0.6 is 0 Å². The smallest absolute Gasteiger partial charge is 0.0872 e. The van der Waals surface area contributed by atoms with Gasteiger partial charge in [-0.3, -0.25) is 0 Å². The van der Waals surface area contributed by atoms with Crippen LogP contribution in [0.4, 0.5) is 0 Å². The molecular weight excluding hydrogens is 204 g/mol. The molecule has 1 saturated carbocycles. The molecule has 0 aromatic carbocycles. The molecule has 2 rings (SSSR count). The van der Waals surface area contributed by atoms with Gasteiger partial charge < -0.3 is 10.5 Å². The average molecular weight is 224 g/mol. The second-order valence-electron chi connectivity index (χ2n) is 4.39. The third kappa shape index (κ3) is 2.80. The molecule has 1 aromatic heterocycles. The van der Waals surface area contributed by atoms with E-state index in [1.54, 1.807) is 7.11 Å². The van der Waals surface area contributed by atoms with E-state index in [2.05, 4.69) is 10.3 Å². The van der Waals surface area contributed by atoms with Crippen molar-refractivity contribution in [2.45, 2.75) is 32.2 Å². The fourth-order valence-corrected chi connectivity index (χ4v) is 1.86. The van der Waals surface area contributed by atoms with Crippen LogP contribution in [0.25, 0.3) is 0 Å². The van der Waals surface area contributed by atoms with Gasteiger partial charge >= 0.3 is 0 Å².